The van der Waals surface area contributed by atoms with Gasteiger partial charge in [-0.05, 0) is 88.5 Å². The molecule has 1 N–H and O–H groups in total. The van der Waals surface area contributed by atoms with E-state index in [4.69, 9.17) is 14.2 Å². The molecule has 48 heavy (non-hydrogen) atoms. The van der Waals surface area contributed by atoms with Crippen molar-refractivity contribution in [2.45, 2.75) is 69.6 Å². The number of nitrogens with zero attached hydrogens (tertiary/aromatic N) is 5. The van der Waals surface area contributed by atoms with Crippen molar-refractivity contribution in [3.63, 3.8) is 0 Å². The predicted molar refractivity (Wildman–Crippen MR) is 172 cm³/mol. The second kappa shape index (κ2) is 13.6. The highest BCUT2D eigenvalue weighted by Gasteiger charge is 2.48. The predicted octanol–water partition coefficient (Wildman–Crippen LogP) is 6.50. The summed E-state index contributed by atoms with van der Waals surface area (Å²) in [6.07, 6.45) is 0.644. The lowest BCUT2D eigenvalue weighted by atomic mass is 9.88. The number of rotatable bonds is 7. The van der Waals surface area contributed by atoms with Crippen molar-refractivity contribution >= 4 is 17.7 Å². The minimum absolute atomic E-state index is 0.00428. The van der Waals surface area contributed by atoms with Gasteiger partial charge < -0.3 is 24.4 Å². The maximum Gasteiger partial charge on any atom is 0.410 e. The number of nitrogens with one attached hydrogen (secondary N) is 1. The molecule has 254 valence electrons. The Hall–Kier alpha value is -4.41. The second-order valence-electron chi connectivity index (χ2n) is 13.5. The number of carbonyl (C=O) groups is 1. The van der Waals surface area contributed by atoms with Crippen molar-refractivity contribution in [3.8, 4) is 23.1 Å². The molecule has 0 aliphatic carbocycles. The molecule has 0 saturated carbocycles. The number of hydrogen-bond donors (Lipinski definition) is 1. The molecule has 3 aromatic rings. The molecule has 3 saturated heterocycles. The smallest absolute Gasteiger partial charge is 0.410 e. The SMILES string of the molecule is CC(C)(C)OC(=O)N1CCC(Oc2ccc(-c3nc(Nc4ccc(C5CCN(C6COC6)CC5)cc4)ncc3F)cc2C#N)C(F)(F)C1. The maximum absolute atomic E-state index is 15.1. The number of likely N-dealkylation sites (tertiary alicyclic amines) is 2. The zero-order valence-electron chi connectivity index (χ0n) is 27.2. The van der Waals surface area contributed by atoms with E-state index in [0.29, 0.717) is 12.0 Å². The first-order chi connectivity index (χ1) is 22.9. The monoisotopic (exact) mass is 664 g/mol. The van der Waals surface area contributed by atoms with Crippen LogP contribution < -0.4 is 10.1 Å². The summed E-state index contributed by atoms with van der Waals surface area (Å²) in [5.74, 6) is -3.55. The standard InChI is InChI=1S/C35H39F3N6O4/c1-34(2,3)48-33(45)44-15-12-30(35(37,38)21-44)47-29-9-6-24(16-25(29)17-39)31-28(36)18-40-32(42-31)41-26-7-4-22(5-8-26)23-10-13-43(14-11-23)27-19-46-20-27/h4-9,16,18,23,27,30H,10-15,19-21H2,1-3H3,(H,40,41,42). The molecule has 1 atom stereocenters. The molecule has 3 aliphatic heterocycles. The van der Waals surface area contributed by atoms with E-state index in [1.807, 2.05) is 18.2 Å². The molecule has 2 aromatic carbocycles. The Balaban J connectivity index is 1.10. The van der Waals surface area contributed by atoms with Gasteiger partial charge in [0, 0.05) is 24.2 Å². The van der Waals surface area contributed by atoms with Crippen LogP contribution in [0.1, 0.15) is 57.1 Å². The van der Waals surface area contributed by atoms with Crippen LogP contribution >= 0.6 is 0 Å². The van der Waals surface area contributed by atoms with Crippen LogP contribution in [0.3, 0.4) is 0 Å². The number of amides is 1. The minimum Gasteiger partial charge on any atom is -0.483 e. The Morgan fingerprint density at radius 1 is 1.08 bits per heavy atom. The van der Waals surface area contributed by atoms with Gasteiger partial charge >= 0.3 is 12.0 Å². The van der Waals surface area contributed by atoms with Crippen LogP contribution in [0.15, 0.2) is 48.7 Å². The molecular formula is C35H39F3N6O4. The van der Waals surface area contributed by atoms with Crippen LogP contribution in [0.5, 0.6) is 5.75 Å². The molecule has 4 heterocycles. The Morgan fingerprint density at radius 2 is 1.81 bits per heavy atom. The number of halogens is 3. The lowest BCUT2D eigenvalue weighted by Gasteiger charge is -2.41. The lowest BCUT2D eigenvalue weighted by molar-refractivity contribution is -0.137. The van der Waals surface area contributed by atoms with Crippen molar-refractivity contribution in [2.75, 3.05) is 44.7 Å². The molecule has 0 bridgehead atoms. The topological polar surface area (TPSA) is 113 Å². The number of carbonyl (C=O) groups excluding carboxylic acids is 1. The summed E-state index contributed by atoms with van der Waals surface area (Å²) in [5, 5.41) is 12.9. The average molecular weight is 665 g/mol. The zero-order valence-corrected chi connectivity index (χ0v) is 27.2. The van der Waals surface area contributed by atoms with Crippen LogP contribution in [-0.2, 0) is 9.47 Å². The van der Waals surface area contributed by atoms with Crippen molar-refractivity contribution in [1.29, 1.82) is 5.26 Å². The third-order valence-electron chi connectivity index (χ3n) is 8.88. The first-order valence-electron chi connectivity index (χ1n) is 16.2. The fourth-order valence-corrected chi connectivity index (χ4v) is 6.20. The first-order valence-corrected chi connectivity index (χ1v) is 16.2. The molecule has 1 unspecified atom stereocenters. The maximum atomic E-state index is 15.1. The summed E-state index contributed by atoms with van der Waals surface area (Å²) in [7, 11) is 0. The molecule has 3 aliphatic rings. The van der Waals surface area contributed by atoms with E-state index in [2.05, 4.69) is 32.3 Å². The Labute approximate surface area is 277 Å². The number of benzene rings is 2. The highest BCUT2D eigenvalue weighted by Crippen LogP contribution is 2.35. The van der Waals surface area contributed by atoms with Crippen molar-refractivity contribution in [1.82, 2.24) is 19.8 Å². The van der Waals surface area contributed by atoms with Gasteiger partial charge in [-0.3, -0.25) is 4.90 Å². The number of ether oxygens (including phenoxy) is 3. The summed E-state index contributed by atoms with van der Waals surface area (Å²) in [5.41, 5.74) is 1.31. The van der Waals surface area contributed by atoms with Gasteiger partial charge in [-0.25, -0.2) is 27.9 Å². The number of anilines is 2. The van der Waals surface area contributed by atoms with Crippen LogP contribution in [0.25, 0.3) is 11.3 Å². The second-order valence-corrected chi connectivity index (χ2v) is 13.5. The molecule has 3 fully saturated rings. The molecule has 1 amide bonds. The number of nitriles is 1. The third kappa shape index (κ3) is 7.66. The van der Waals surface area contributed by atoms with Crippen LogP contribution in [0.4, 0.5) is 29.6 Å². The molecular weight excluding hydrogens is 625 g/mol. The van der Waals surface area contributed by atoms with E-state index < -0.39 is 36.1 Å². The molecule has 6 rings (SSSR count). The van der Waals surface area contributed by atoms with Crippen LogP contribution in [0.2, 0.25) is 0 Å². The summed E-state index contributed by atoms with van der Waals surface area (Å²) in [4.78, 5) is 24.2. The first kappa shape index (κ1) is 33.5. The van der Waals surface area contributed by atoms with E-state index >= 15 is 8.78 Å². The Bertz CT molecular complexity index is 1660. The zero-order chi connectivity index (χ0) is 34.1. The van der Waals surface area contributed by atoms with Crippen molar-refractivity contribution < 1.29 is 32.2 Å². The third-order valence-corrected chi connectivity index (χ3v) is 8.88. The molecule has 1 aromatic heterocycles. The van der Waals surface area contributed by atoms with Gasteiger partial charge in [-0.2, -0.15) is 5.26 Å². The Morgan fingerprint density at radius 3 is 2.44 bits per heavy atom. The van der Waals surface area contributed by atoms with Gasteiger partial charge in [0.2, 0.25) is 5.95 Å². The largest absolute Gasteiger partial charge is 0.483 e. The molecule has 0 radical (unpaired) electrons. The summed E-state index contributed by atoms with van der Waals surface area (Å²) >= 11 is 0. The normalized spacial score (nSPS) is 20.4. The average Bonchev–Trinajstić information content (AvgIpc) is 3.02. The van der Waals surface area contributed by atoms with Crippen LogP contribution in [-0.4, -0.2) is 88.9 Å². The summed E-state index contributed by atoms with van der Waals surface area (Å²) in [6, 6.07) is 14.7. The number of piperidine rings is 2. The fraction of sp³-hybridized carbons (Fsp3) is 0.486. The molecule has 13 heteroatoms. The van der Waals surface area contributed by atoms with Gasteiger partial charge in [0.15, 0.2) is 11.9 Å². The Kier molecular flexibility index (Phi) is 9.49. The van der Waals surface area contributed by atoms with Gasteiger partial charge in [0.1, 0.15) is 23.1 Å². The minimum atomic E-state index is -3.40. The fourth-order valence-electron chi connectivity index (χ4n) is 6.20. The number of hydrogen-bond acceptors (Lipinski definition) is 9. The summed E-state index contributed by atoms with van der Waals surface area (Å²) < 4.78 is 61.3. The van der Waals surface area contributed by atoms with E-state index in [1.54, 1.807) is 20.8 Å². The molecule has 0 spiro atoms. The lowest BCUT2D eigenvalue weighted by Crippen LogP contribution is -2.56. The van der Waals surface area contributed by atoms with E-state index in [1.165, 1.54) is 23.8 Å². The quantitative estimate of drug-likeness (QED) is 0.303. The number of aromatic nitrogens is 2. The van der Waals surface area contributed by atoms with Gasteiger partial charge in [-0.15, -0.1) is 0 Å². The van der Waals surface area contributed by atoms with Crippen molar-refractivity contribution in [3.05, 3.63) is 65.6 Å². The number of alkyl halides is 2. The van der Waals surface area contributed by atoms with E-state index in [9.17, 15) is 14.4 Å². The highest BCUT2D eigenvalue weighted by atomic mass is 19.3. The van der Waals surface area contributed by atoms with Crippen LogP contribution in [0, 0.1) is 17.1 Å². The summed E-state index contributed by atoms with van der Waals surface area (Å²) in [6.45, 7) is 7.88. The van der Waals surface area contributed by atoms with Gasteiger partial charge in [0.05, 0.1) is 37.6 Å². The van der Waals surface area contributed by atoms with Gasteiger partial charge in [0.25, 0.3) is 0 Å². The molecule has 10 nitrogen and oxygen atoms in total. The van der Waals surface area contributed by atoms with Crippen molar-refractivity contribution in [2.24, 2.45) is 0 Å². The van der Waals surface area contributed by atoms with E-state index in [0.717, 1.165) is 55.9 Å². The highest BCUT2D eigenvalue weighted by molar-refractivity contribution is 5.68. The van der Waals surface area contributed by atoms with Gasteiger partial charge in [-0.1, -0.05) is 12.1 Å². The van der Waals surface area contributed by atoms with E-state index in [-0.39, 0.29) is 41.5 Å².